The van der Waals surface area contributed by atoms with E-state index in [1.807, 2.05) is 18.2 Å². The number of hydrogen-bond donors (Lipinski definition) is 7. The van der Waals surface area contributed by atoms with Crippen LogP contribution in [0.1, 0.15) is 129 Å². The SMILES string of the molecule is CC/C=C\C/C=C\C/C=C\C/C=C\CCC(=O)OC(COC(=O)CCCCCCCCC/C=C\C/C=C\C/C=C\CC)COC1OC(COC2OC(CO)C(O)C(O)C2O)C(O)C(O)C1O. The first-order valence-electron chi connectivity index (χ1n) is 24.2. The monoisotopic (exact) mass is 935 g/mol. The zero-order chi connectivity index (χ0) is 48.2. The summed E-state index contributed by atoms with van der Waals surface area (Å²) in [6, 6.07) is 0. The minimum absolute atomic E-state index is 0.0369. The van der Waals surface area contributed by atoms with Crippen LogP contribution in [-0.4, -0.2) is 142 Å². The molecule has 11 unspecified atom stereocenters. The first-order valence-corrected chi connectivity index (χ1v) is 24.2. The fraction of sp³-hybridized carbons (Fsp3) is 0.686. The average Bonchev–Trinajstić information content (AvgIpc) is 3.31. The Morgan fingerprint density at radius 3 is 1.48 bits per heavy atom. The van der Waals surface area contributed by atoms with Gasteiger partial charge in [-0.1, -0.05) is 131 Å². The highest BCUT2D eigenvalue weighted by atomic mass is 16.7. The predicted molar refractivity (Wildman–Crippen MR) is 252 cm³/mol. The molecule has 2 aliphatic heterocycles. The zero-order valence-electron chi connectivity index (χ0n) is 39.4. The van der Waals surface area contributed by atoms with Gasteiger partial charge >= 0.3 is 11.9 Å². The van der Waals surface area contributed by atoms with Crippen LogP contribution in [0.5, 0.6) is 0 Å². The summed E-state index contributed by atoms with van der Waals surface area (Å²) in [5, 5.41) is 72.0. The van der Waals surface area contributed by atoms with E-state index in [0.29, 0.717) is 19.3 Å². The molecule has 7 N–H and O–H groups in total. The molecular weight excluding hydrogens is 853 g/mol. The minimum Gasteiger partial charge on any atom is -0.462 e. The molecule has 0 aromatic heterocycles. The van der Waals surface area contributed by atoms with Crippen molar-refractivity contribution in [1.29, 1.82) is 0 Å². The maximum absolute atomic E-state index is 12.9. The summed E-state index contributed by atoms with van der Waals surface area (Å²) in [5.41, 5.74) is 0. The second-order valence-electron chi connectivity index (χ2n) is 16.5. The van der Waals surface area contributed by atoms with Crippen LogP contribution in [0.3, 0.4) is 0 Å². The van der Waals surface area contributed by atoms with Gasteiger partial charge in [0.15, 0.2) is 18.7 Å². The van der Waals surface area contributed by atoms with Gasteiger partial charge in [-0.3, -0.25) is 9.59 Å². The standard InChI is InChI=1S/C51H82O15/c1-3-5-7-9-11-13-15-17-18-19-20-22-23-25-27-29-31-33-42(53)61-36-39(64-43(54)34-32-30-28-26-24-21-16-14-12-10-8-6-4-2)37-62-50-49(60)47(58)45(56)41(66-50)38-63-51-48(59)46(57)44(55)40(35-52)65-51/h5-8,11-14,17-18,21,24,28,30,39-41,44-52,55-60H,3-4,9-10,15-16,19-20,22-23,25-27,29,31-38H2,1-2H3/b7-5-,8-6-,13-11-,14-12-,18-17-,24-21-,30-28-. The van der Waals surface area contributed by atoms with E-state index in [9.17, 15) is 45.3 Å². The molecule has 0 aromatic rings. The largest absolute Gasteiger partial charge is 0.462 e. The summed E-state index contributed by atoms with van der Waals surface area (Å²) in [7, 11) is 0. The van der Waals surface area contributed by atoms with Crippen LogP contribution >= 0.6 is 0 Å². The Morgan fingerprint density at radius 1 is 0.485 bits per heavy atom. The molecule has 2 rings (SSSR count). The van der Waals surface area contributed by atoms with Gasteiger partial charge in [0.05, 0.1) is 19.8 Å². The van der Waals surface area contributed by atoms with Crippen LogP contribution in [0.25, 0.3) is 0 Å². The molecule has 15 heteroatoms. The van der Waals surface area contributed by atoms with Gasteiger partial charge in [-0.05, 0) is 70.6 Å². The van der Waals surface area contributed by atoms with Crippen molar-refractivity contribution in [2.75, 3.05) is 26.4 Å². The quantitative estimate of drug-likeness (QED) is 0.0218. The molecule has 2 heterocycles. The Kier molecular flexibility index (Phi) is 33.5. The highest BCUT2D eigenvalue weighted by molar-refractivity contribution is 5.70. The zero-order valence-corrected chi connectivity index (χ0v) is 39.4. The number of aliphatic hydroxyl groups excluding tert-OH is 7. The Labute approximate surface area is 393 Å². The molecule has 2 aliphatic rings. The molecule has 376 valence electrons. The van der Waals surface area contributed by atoms with Gasteiger partial charge in [0.2, 0.25) is 0 Å². The van der Waals surface area contributed by atoms with E-state index in [-0.39, 0.29) is 19.4 Å². The molecule has 0 aromatic carbocycles. The summed E-state index contributed by atoms with van der Waals surface area (Å²) < 4.78 is 33.4. The second kappa shape index (κ2) is 37.6. The van der Waals surface area contributed by atoms with Crippen LogP contribution in [0.15, 0.2) is 85.1 Å². The number of unbranched alkanes of at least 4 members (excludes halogenated alkanes) is 7. The number of ether oxygens (including phenoxy) is 6. The van der Waals surface area contributed by atoms with Crippen LogP contribution in [0.4, 0.5) is 0 Å². The summed E-state index contributed by atoms with van der Waals surface area (Å²) >= 11 is 0. The van der Waals surface area contributed by atoms with Crippen molar-refractivity contribution in [3.05, 3.63) is 85.1 Å². The lowest BCUT2D eigenvalue weighted by Gasteiger charge is -2.42. The van der Waals surface area contributed by atoms with Gasteiger partial charge in [-0.15, -0.1) is 0 Å². The third kappa shape index (κ3) is 25.7. The Hall–Kier alpha value is -3.32. The third-order valence-corrected chi connectivity index (χ3v) is 10.9. The first kappa shape index (κ1) is 58.8. The van der Waals surface area contributed by atoms with Crippen molar-refractivity contribution in [3.8, 4) is 0 Å². The number of rotatable bonds is 35. The van der Waals surface area contributed by atoms with Crippen LogP contribution < -0.4 is 0 Å². The Balaban J connectivity index is 1.85. The Bertz CT molecular complexity index is 1470. The minimum atomic E-state index is -1.78. The van der Waals surface area contributed by atoms with E-state index in [4.69, 9.17) is 28.4 Å². The topological polar surface area (TPSA) is 231 Å². The van der Waals surface area contributed by atoms with Crippen LogP contribution in [0.2, 0.25) is 0 Å². The molecule has 0 spiro atoms. The molecule has 11 atom stereocenters. The van der Waals surface area contributed by atoms with Gasteiger partial charge < -0.3 is 64.2 Å². The van der Waals surface area contributed by atoms with Gasteiger partial charge in [0, 0.05) is 12.8 Å². The first-order chi connectivity index (χ1) is 32.0. The summed E-state index contributed by atoms with van der Waals surface area (Å²) in [6.07, 6.45) is 27.8. The molecule has 15 nitrogen and oxygen atoms in total. The van der Waals surface area contributed by atoms with E-state index >= 15 is 0 Å². The second-order valence-corrected chi connectivity index (χ2v) is 16.5. The number of allylic oxidation sites excluding steroid dienone is 14. The molecule has 2 saturated heterocycles. The maximum Gasteiger partial charge on any atom is 0.306 e. The van der Waals surface area contributed by atoms with Crippen molar-refractivity contribution >= 4 is 11.9 Å². The van der Waals surface area contributed by atoms with Gasteiger partial charge in [-0.2, -0.15) is 0 Å². The molecule has 2 fully saturated rings. The van der Waals surface area contributed by atoms with Crippen molar-refractivity contribution in [3.63, 3.8) is 0 Å². The maximum atomic E-state index is 12.9. The van der Waals surface area contributed by atoms with E-state index in [1.54, 1.807) is 0 Å². The fourth-order valence-corrected chi connectivity index (χ4v) is 6.95. The van der Waals surface area contributed by atoms with Gasteiger partial charge in [-0.25, -0.2) is 0 Å². The molecule has 0 bridgehead atoms. The average molecular weight is 935 g/mol. The van der Waals surface area contributed by atoms with Crippen molar-refractivity contribution < 1.29 is 73.8 Å². The van der Waals surface area contributed by atoms with Crippen molar-refractivity contribution in [1.82, 2.24) is 0 Å². The van der Waals surface area contributed by atoms with Crippen LogP contribution in [0, 0.1) is 0 Å². The normalized spacial score (nSPS) is 26.9. The highest BCUT2D eigenvalue weighted by Gasteiger charge is 2.47. The Morgan fingerprint density at radius 2 is 0.939 bits per heavy atom. The highest BCUT2D eigenvalue weighted by Crippen LogP contribution is 2.26. The lowest BCUT2D eigenvalue weighted by atomic mass is 9.98. The summed E-state index contributed by atoms with van der Waals surface area (Å²) in [6.45, 7) is 2.24. The number of carbonyl (C=O) groups excluding carboxylic acids is 2. The van der Waals surface area contributed by atoms with E-state index in [1.165, 1.54) is 0 Å². The molecular formula is C51H82O15. The molecule has 0 amide bonds. The summed E-state index contributed by atoms with van der Waals surface area (Å²) in [5.74, 6) is -1.04. The van der Waals surface area contributed by atoms with E-state index < -0.39 is 99.3 Å². The lowest BCUT2D eigenvalue weighted by Crippen LogP contribution is -2.61. The number of esters is 2. The molecule has 66 heavy (non-hydrogen) atoms. The molecule has 0 radical (unpaired) electrons. The molecule has 0 aliphatic carbocycles. The number of aliphatic hydroxyl groups is 7. The molecule has 0 saturated carbocycles. The summed E-state index contributed by atoms with van der Waals surface area (Å²) in [4.78, 5) is 25.7. The van der Waals surface area contributed by atoms with E-state index in [0.717, 1.165) is 83.5 Å². The van der Waals surface area contributed by atoms with Crippen molar-refractivity contribution in [2.24, 2.45) is 0 Å². The van der Waals surface area contributed by atoms with E-state index in [2.05, 4.69) is 80.7 Å². The smallest absolute Gasteiger partial charge is 0.306 e. The fourth-order valence-electron chi connectivity index (χ4n) is 6.95. The van der Waals surface area contributed by atoms with Crippen molar-refractivity contribution in [2.45, 2.75) is 197 Å². The predicted octanol–water partition coefficient (Wildman–Crippen LogP) is 6.04. The van der Waals surface area contributed by atoms with Gasteiger partial charge in [0.1, 0.15) is 55.4 Å². The van der Waals surface area contributed by atoms with Gasteiger partial charge in [0.25, 0.3) is 0 Å². The third-order valence-electron chi connectivity index (χ3n) is 10.9. The van der Waals surface area contributed by atoms with Crippen LogP contribution in [-0.2, 0) is 38.0 Å². The number of carbonyl (C=O) groups is 2. The lowest BCUT2D eigenvalue weighted by molar-refractivity contribution is -0.332. The number of hydrogen-bond acceptors (Lipinski definition) is 15.